The Morgan fingerprint density at radius 1 is 1.19 bits per heavy atom. The molecule has 1 fully saturated rings. The Morgan fingerprint density at radius 3 is 2.65 bits per heavy atom. The molecule has 2 unspecified atom stereocenters. The quantitative estimate of drug-likeness (QED) is 0.862. The van der Waals surface area contributed by atoms with Crippen molar-refractivity contribution in [2.45, 2.75) is 24.8 Å². The molecule has 0 saturated carbocycles. The molecule has 0 aromatic heterocycles. The zero-order chi connectivity index (χ0) is 18.5. The van der Waals surface area contributed by atoms with Crippen LogP contribution >= 0.6 is 0 Å². The highest BCUT2D eigenvalue weighted by Gasteiger charge is 2.28. The van der Waals surface area contributed by atoms with E-state index >= 15 is 0 Å². The molecule has 26 heavy (non-hydrogen) atoms. The van der Waals surface area contributed by atoms with E-state index in [0.717, 1.165) is 30.3 Å². The summed E-state index contributed by atoms with van der Waals surface area (Å²) in [6.45, 7) is 1.37. The van der Waals surface area contributed by atoms with Crippen LogP contribution < -0.4 is 15.4 Å². The van der Waals surface area contributed by atoms with Crippen molar-refractivity contribution in [3.63, 3.8) is 0 Å². The minimum Gasteiger partial charge on any atom is -0.497 e. The van der Waals surface area contributed by atoms with Crippen molar-refractivity contribution in [1.82, 2.24) is 10.6 Å². The molecule has 0 radical (unpaired) electrons. The second kappa shape index (κ2) is 8.27. The minimum absolute atomic E-state index is 0.0498. The summed E-state index contributed by atoms with van der Waals surface area (Å²) < 4.78 is 31.9. The summed E-state index contributed by atoms with van der Waals surface area (Å²) in [5.41, 5.74) is 1.59. The van der Waals surface area contributed by atoms with E-state index in [-0.39, 0.29) is 24.3 Å². The van der Waals surface area contributed by atoms with Crippen LogP contribution in [0.4, 0.5) is 8.78 Å². The standard InChI is InChI=1S/C20H22F2N2O2/c1-26-15-5-2-13(3-6-15)10-20(25)24-19-12-23-9-8-16(19)14-4-7-17(21)18(22)11-14/h2-7,11,16,19,23H,8-10,12H2,1H3,(H,24,25). The van der Waals surface area contributed by atoms with Gasteiger partial charge in [-0.05, 0) is 48.4 Å². The smallest absolute Gasteiger partial charge is 0.224 e. The number of hydrogen-bond donors (Lipinski definition) is 2. The van der Waals surface area contributed by atoms with Crippen LogP contribution in [0, 0.1) is 11.6 Å². The molecule has 2 aromatic rings. The third kappa shape index (κ3) is 4.38. The Bertz CT molecular complexity index is 765. The highest BCUT2D eigenvalue weighted by Crippen LogP contribution is 2.27. The number of benzene rings is 2. The van der Waals surface area contributed by atoms with Gasteiger partial charge in [0.05, 0.1) is 13.5 Å². The third-order valence-corrected chi connectivity index (χ3v) is 4.72. The van der Waals surface area contributed by atoms with Crippen molar-refractivity contribution >= 4 is 5.91 Å². The number of ether oxygens (including phenoxy) is 1. The predicted molar refractivity (Wildman–Crippen MR) is 95.2 cm³/mol. The first-order chi connectivity index (χ1) is 12.6. The molecule has 1 saturated heterocycles. The number of carbonyl (C=O) groups is 1. The van der Waals surface area contributed by atoms with Crippen molar-refractivity contribution in [3.8, 4) is 5.75 Å². The van der Waals surface area contributed by atoms with Gasteiger partial charge in [-0.1, -0.05) is 18.2 Å². The zero-order valence-corrected chi connectivity index (χ0v) is 14.6. The fraction of sp³-hybridized carbons (Fsp3) is 0.350. The monoisotopic (exact) mass is 360 g/mol. The highest BCUT2D eigenvalue weighted by atomic mass is 19.2. The fourth-order valence-electron chi connectivity index (χ4n) is 3.34. The lowest BCUT2D eigenvalue weighted by atomic mass is 9.86. The Labute approximate surface area is 151 Å². The number of methoxy groups -OCH3 is 1. The molecule has 3 rings (SSSR count). The lowest BCUT2D eigenvalue weighted by Gasteiger charge is -2.33. The first kappa shape index (κ1) is 18.3. The number of nitrogens with one attached hydrogen (secondary N) is 2. The van der Waals surface area contributed by atoms with Crippen LogP contribution in [-0.4, -0.2) is 32.1 Å². The van der Waals surface area contributed by atoms with Gasteiger partial charge < -0.3 is 15.4 Å². The average molecular weight is 360 g/mol. The molecule has 0 aliphatic carbocycles. The highest BCUT2D eigenvalue weighted by molar-refractivity contribution is 5.79. The maximum atomic E-state index is 13.6. The van der Waals surface area contributed by atoms with Crippen LogP contribution in [0.5, 0.6) is 5.75 Å². The normalized spacial score (nSPS) is 19.8. The summed E-state index contributed by atoms with van der Waals surface area (Å²) >= 11 is 0. The number of halogens is 2. The van der Waals surface area contributed by atoms with E-state index in [2.05, 4.69) is 10.6 Å². The van der Waals surface area contributed by atoms with Gasteiger partial charge in [-0.2, -0.15) is 0 Å². The minimum atomic E-state index is -0.859. The summed E-state index contributed by atoms with van der Waals surface area (Å²) in [6, 6.07) is 11.1. The SMILES string of the molecule is COc1ccc(CC(=O)NC2CNCCC2c2ccc(F)c(F)c2)cc1. The Kier molecular flexibility index (Phi) is 5.83. The summed E-state index contributed by atoms with van der Waals surface area (Å²) in [7, 11) is 1.59. The largest absolute Gasteiger partial charge is 0.497 e. The number of piperidine rings is 1. The molecule has 1 aliphatic rings. The molecule has 1 heterocycles. The van der Waals surface area contributed by atoms with Gasteiger partial charge in [0, 0.05) is 18.5 Å². The van der Waals surface area contributed by atoms with Crippen molar-refractivity contribution in [2.24, 2.45) is 0 Å². The first-order valence-electron chi connectivity index (χ1n) is 8.65. The maximum absolute atomic E-state index is 13.6. The lowest BCUT2D eigenvalue weighted by Crippen LogP contribution is -2.50. The van der Waals surface area contributed by atoms with Crippen molar-refractivity contribution in [2.75, 3.05) is 20.2 Å². The molecular formula is C20H22F2N2O2. The molecule has 1 amide bonds. The lowest BCUT2D eigenvalue weighted by molar-refractivity contribution is -0.121. The van der Waals surface area contributed by atoms with E-state index in [1.54, 1.807) is 13.2 Å². The average Bonchev–Trinajstić information content (AvgIpc) is 2.65. The molecule has 2 aromatic carbocycles. The second-order valence-electron chi connectivity index (χ2n) is 6.47. The fourth-order valence-corrected chi connectivity index (χ4v) is 3.34. The maximum Gasteiger partial charge on any atom is 0.224 e. The molecule has 2 N–H and O–H groups in total. The van der Waals surface area contributed by atoms with E-state index < -0.39 is 11.6 Å². The van der Waals surface area contributed by atoms with Crippen LogP contribution in [0.3, 0.4) is 0 Å². The van der Waals surface area contributed by atoms with Crippen molar-refractivity contribution in [3.05, 3.63) is 65.2 Å². The van der Waals surface area contributed by atoms with Crippen LogP contribution in [0.25, 0.3) is 0 Å². The van der Waals surface area contributed by atoms with Crippen LogP contribution in [0.15, 0.2) is 42.5 Å². The summed E-state index contributed by atoms with van der Waals surface area (Å²) in [5, 5.41) is 6.28. The van der Waals surface area contributed by atoms with E-state index in [4.69, 9.17) is 4.74 Å². The van der Waals surface area contributed by atoms with Gasteiger partial charge in [0.1, 0.15) is 5.75 Å². The van der Waals surface area contributed by atoms with Crippen molar-refractivity contribution in [1.29, 1.82) is 0 Å². The summed E-state index contributed by atoms with van der Waals surface area (Å²) in [4.78, 5) is 12.4. The molecule has 0 bridgehead atoms. The first-order valence-corrected chi connectivity index (χ1v) is 8.65. The molecular weight excluding hydrogens is 338 g/mol. The Morgan fingerprint density at radius 2 is 1.96 bits per heavy atom. The molecule has 6 heteroatoms. The molecule has 4 nitrogen and oxygen atoms in total. The van der Waals surface area contributed by atoms with Crippen molar-refractivity contribution < 1.29 is 18.3 Å². The van der Waals surface area contributed by atoms with Gasteiger partial charge in [-0.15, -0.1) is 0 Å². The van der Waals surface area contributed by atoms with Gasteiger partial charge in [0.2, 0.25) is 5.91 Å². The summed E-state index contributed by atoms with van der Waals surface area (Å²) in [6.07, 6.45) is 1.00. The second-order valence-corrected chi connectivity index (χ2v) is 6.47. The van der Waals surface area contributed by atoms with E-state index in [1.807, 2.05) is 24.3 Å². The predicted octanol–water partition coefficient (Wildman–Crippen LogP) is 2.78. The summed E-state index contributed by atoms with van der Waals surface area (Å²) in [5.74, 6) is -1.13. The van der Waals surface area contributed by atoms with E-state index in [1.165, 1.54) is 6.07 Å². The third-order valence-electron chi connectivity index (χ3n) is 4.72. The number of amides is 1. The Balaban J connectivity index is 1.67. The van der Waals surface area contributed by atoms with Gasteiger partial charge in [-0.3, -0.25) is 4.79 Å². The van der Waals surface area contributed by atoms with Gasteiger partial charge in [0.25, 0.3) is 0 Å². The topological polar surface area (TPSA) is 50.4 Å². The number of rotatable bonds is 5. The number of carbonyl (C=O) groups excluding carboxylic acids is 1. The van der Waals surface area contributed by atoms with Crippen LogP contribution in [0.1, 0.15) is 23.5 Å². The number of hydrogen-bond acceptors (Lipinski definition) is 3. The van der Waals surface area contributed by atoms with Crippen LogP contribution in [-0.2, 0) is 11.2 Å². The molecule has 2 atom stereocenters. The van der Waals surface area contributed by atoms with E-state index in [9.17, 15) is 13.6 Å². The molecule has 138 valence electrons. The van der Waals surface area contributed by atoms with Gasteiger partial charge >= 0.3 is 0 Å². The van der Waals surface area contributed by atoms with Gasteiger partial charge in [0.15, 0.2) is 11.6 Å². The molecule has 0 spiro atoms. The van der Waals surface area contributed by atoms with Gasteiger partial charge in [-0.25, -0.2) is 8.78 Å². The Hall–Kier alpha value is -2.47. The zero-order valence-electron chi connectivity index (χ0n) is 14.6. The van der Waals surface area contributed by atoms with E-state index in [0.29, 0.717) is 12.1 Å². The van der Waals surface area contributed by atoms with Crippen LogP contribution in [0.2, 0.25) is 0 Å². The molecule has 1 aliphatic heterocycles.